The summed E-state index contributed by atoms with van der Waals surface area (Å²) in [5.41, 5.74) is 11.1. The number of rotatable bonds is 6. The number of methoxy groups -OCH3 is 2. The number of anilines is 1. The third-order valence-electron chi connectivity index (χ3n) is 2.85. The zero-order valence-corrected chi connectivity index (χ0v) is 11.7. The molecule has 20 heavy (non-hydrogen) atoms. The smallest absolute Gasteiger partial charge is 0.250 e. The van der Waals surface area contributed by atoms with E-state index >= 15 is 0 Å². The standard InChI is InChI=1S/C13H19N3O4/c1-7(6-14)13(18)16-9-5-11(20-3)10(19-2)4-8(9)12(15)17/h4-5,7H,6,14H2,1-3H3,(H2,15,17)(H,16,18). The van der Waals surface area contributed by atoms with Gasteiger partial charge in [0.15, 0.2) is 11.5 Å². The number of hydrogen-bond donors (Lipinski definition) is 3. The molecule has 1 rings (SSSR count). The summed E-state index contributed by atoms with van der Waals surface area (Å²) in [6.07, 6.45) is 0. The molecule has 0 aliphatic heterocycles. The summed E-state index contributed by atoms with van der Waals surface area (Å²) in [6.45, 7) is 1.88. The molecule has 0 fully saturated rings. The number of nitrogens with two attached hydrogens (primary N) is 2. The van der Waals surface area contributed by atoms with E-state index in [1.54, 1.807) is 6.92 Å². The Morgan fingerprint density at radius 2 is 1.80 bits per heavy atom. The number of primary amides is 1. The molecular weight excluding hydrogens is 262 g/mol. The van der Waals surface area contributed by atoms with Crippen molar-refractivity contribution in [2.45, 2.75) is 6.92 Å². The van der Waals surface area contributed by atoms with Gasteiger partial charge in [0.05, 0.1) is 25.5 Å². The summed E-state index contributed by atoms with van der Waals surface area (Å²) in [5.74, 6) is -0.632. The topological polar surface area (TPSA) is 117 Å². The molecule has 1 aromatic carbocycles. The maximum Gasteiger partial charge on any atom is 0.250 e. The van der Waals surface area contributed by atoms with Gasteiger partial charge in [0.1, 0.15) is 0 Å². The Morgan fingerprint density at radius 3 is 2.25 bits per heavy atom. The summed E-state index contributed by atoms with van der Waals surface area (Å²) < 4.78 is 10.2. The Bertz CT molecular complexity index is 517. The predicted molar refractivity (Wildman–Crippen MR) is 74.9 cm³/mol. The van der Waals surface area contributed by atoms with Crippen LogP contribution >= 0.6 is 0 Å². The monoisotopic (exact) mass is 281 g/mol. The first-order valence-electron chi connectivity index (χ1n) is 6.01. The molecular formula is C13H19N3O4. The second-order valence-corrected chi connectivity index (χ2v) is 4.24. The number of ether oxygens (including phenoxy) is 2. The number of carbonyl (C=O) groups excluding carboxylic acids is 2. The number of benzene rings is 1. The quantitative estimate of drug-likeness (QED) is 0.695. The maximum absolute atomic E-state index is 11.9. The van der Waals surface area contributed by atoms with Gasteiger partial charge in [0, 0.05) is 18.5 Å². The van der Waals surface area contributed by atoms with Crippen molar-refractivity contribution in [3.63, 3.8) is 0 Å². The second kappa shape index (κ2) is 6.76. The molecule has 2 amide bonds. The normalized spacial score (nSPS) is 11.6. The molecule has 1 unspecified atom stereocenters. The predicted octanol–water partition coefficient (Wildman–Crippen LogP) is 0.336. The highest BCUT2D eigenvalue weighted by atomic mass is 16.5. The third-order valence-corrected chi connectivity index (χ3v) is 2.85. The zero-order valence-electron chi connectivity index (χ0n) is 11.7. The van der Waals surface area contributed by atoms with Crippen molar-refractivity contribution in [1.82, 2.24) is 0 Å². The van der Waals surface area contributed by atoms with Gasteiger partial charge in [0.2, 0.25) is 5.91 Å². The highest BCUT2D eigenvalue weighted by Gasteiger charge is 2.18. The molecule has 0 aliphatic rings. The molecule has 7 heteroatoms. The van der Waals surface area contributed by atoms with Crippen LogP contribution < -0.4 is 26.3 Å². The van der Waals surface area contributed by atoms with Crippen molar-refractivity contribution in [2.75, 3.05) is 26.1 Å². The average molecular weight is 281 g/mol. The first-order valence-corrected chi connectivity index (χ1v) is 6.01. The van der Waals surface area contributed by atoms with Crippen LogP contribution in [-0.2, 0) is 4.79 Å². The maximum atomic E-state index is 11.9. The van der Waals surface area contributed by atoms with Crippen molar-refractivity contribution in [3.05, 3.63) is 17.7 Å². The molecule has 110 valence electrons. The Kier molecular flexibility index (Phi) is 5.33. The van der Waals surface area contributed by atoms with Gasteiger partial charge in [-0.1, -0.05) is 6.92 Å². The van der Waals surface area contributed by atoms with Gasteiger partial charge >= 0.3 is 0 Å². The number of nitrogens with one attached hydrogen (secondary N) is 1. The molecule has 0 heterocycles. The minimum Gasteiger partial charge on any atom is -0.493 e. The van der Waals surface area contributed by atoms with Crippen molar-refractivity contribution >= 4 is 17.5 Å². The molecule has 0 bridgehead atoms. The minimum absolute atomic E-state index is 0.139. The van der Waals surface area contributed by atoms with Crippen LogP contribution in [0.2, 0.25) is 0 Å². The Balaban J connectivity index is 3.22. The van der Waals surface area contributed by atoms with E-state index in [9.17, 15) is 9.59 Å². The Morgan fingerprint density at radius 1 is 1.25 bits per heavy atom. The summed E-state index contributed by atoms with van der Waals surface area (Å²) >= 11 is 0. The molecule has 0 saturated carbocycles. The number of hydrogen-bond acceptors (Lipinski definition) is 5. The molecule has 0 aliphatic carbocycles. The van der Waals surface area contributed by atoms with Crippen LogP contribution in [0.5, 0.6) is 11.5 Å². The van der Waals surface area contributed by atoms with Crippen molar-refractivity contribution in [3.8, 4) is 11.5 Å². The molecule has 0 saturated heterocycles. The van der Waals surface area contributed by atoms with Gasteiger partial charge in [0.25, 0.3) is 5.91 Å². The molecule has 0 radical (unpaired) electrons. The van der Waals surface area contributed by atoms with Gasteiger partial charge in [-0.3, -0.25) is 9.59 Å². The lowest BCUT2D eigenvalue weighted by atomic mass is 10.1. The number of carbonyl (C=O) groups is 2. The molecule has 0 spiro atoms. The van der Waals surface area contributed by atoms with Gasteiger partial charge < -0.3 is 26.3 Å². The van der Waals surface area contributed by atoms with E-state index in [4.69, 9.17) is 20.9 Å². The minimum atomic E-state index is -0.679. The highest BCUT2D eigenvalue weighted by Crippen LogP contribution is 2.33. The van der Waals surface area contributed by atoms with E-state index in [0.717, 1.165) is 0 Å². The second-order valence-electron chi connectivity index (χ2n) is 4.24. The van der Waals surface area contributed by atoms with E-state index in [-0.39, 0.29) is 29.6 Å². The van der Waals surface area contributed by atoms with Gasteiger partial charge in [-0.2, -0.15) is 0 Å². The highest BCUT2D eigenvalue weighted by molar-refractivity contribution is 6.04. The lowest BCUT2D eigenvalue weighted by Crippen LogP contribution is -2.28. The summed E-state index contributed by atoms with van der Waals surface area (Å²) in [7, 11) is 2.90. The van der Waals surface area contributed by atoms with Gasteiger partial charge in [-0.25, -0.2) is 0 Å². The zero-order chi connectivity index (χ0) is 15.3. The molecule has 5 N–H and O–H groups in total. The van der Waals surface area contributed by atoms with E-state index in [2.05, 4.69) is 5.32 Å². The van der Waals surface area contributed by atoms with E-state index < -0.39 is 5.91 Å². The average Bonchev–Trinajstić information content (AvgIpc) is 2.45. The lowest BCUT2D eigenvalue weighted by Gasteiger charge is -2.15. The van der Waals surface area contributed by atoms with Gasteiger partial charge in [-0.15, -0.1) is 0 Å². The molecule has 0 aromatic heterocycles. The first-order chi connectivity index (χ1) is 9.44. The van der Waals surface area contributed by atoms with Crippen LogP contribution in [0.25, 0.3) is 0 Å². The van der Waals surface area contributed by atoms with E-state index in [0.29, 0.717) is 11.5 Å². The lowest BCUT2D eigenvalue weighted by molar-refractivity contribution is -0.119. The van der Waals surface area contributed by atoms with E-state index in [1.165, 1.54) is 26.4 Å². The summed E-state index contributed by atoms with van der Waals surface area (Å²) in [4.78, 5) is 23.3. The SMILES string of the molecule is COc1cc(NC(=O)C(C)CN)c(C(N)=O)cc1OC. The van der Waals surface area contributed by atoms with Crippen molar-refractivity contribution in [2.24, 2.45) is 17.4 Å². The fourth-order valence-electron chi connectivity index (χ4n) is 1.55. The number of amides is 2. The van der Waals surface area contributed by atoms with Crippen LogP contribution in [0.15, 0.2) is 12.1 Å². The van der Waals surface area contributed by atoms with Crippen LogP contribution in [0.3, 0.4) is 0 Å². The molecule has 1 aromatic rings. The Labute approximate surface area is 117 Å². The van der Waals surface area contributed by atoms with Crippen LogP contribution in [0, 0.1) is 5.92 Å². The summed E-state index contributed by atoms with van der Waals surface area (Å²) in [6, 6.07) is 2.91. The third kappa shape index (κ3) is 3.39. The fourth-order valence-corrected chi connectivity index (χ4v) is 1.55. The Hall–Kier alpha value is -2.28. The summed E-state index contributed by atoms with van der Waals surface area (Å²) in [5, 5.41) is 2.61. The van der Waals surface area contributed by atoms with Crippen LogP contribution in [-0.4, -0.2) is 32.6 Å². The molecule has 7 nitrogen and oxygen atoms in total. The molecule has 1 atom stereocenters. The van der Waals surface area contributed by atoms with Crippen molar-refractivity contribution in [1.29, 1.82) is 0 Å². The van der Waals surface area contributed by atoms with Crippen molar-refractivity contribution < 1.29 is 19.1 Å². The van der Waals surface area contributed by atoms with Gasteiger partial charge in [-0.05, 0) is 6.07 Å². The van der Waals surface area contributed by atoms with Crippen LogP contribution in [0.1, 0.15) is 17.3 Å². The van der Waals surface area contributed by atoms with Crippen LogP contribution in [0.4, 0.5) is 5.69 Å². The van der Waals surface area contributed by atoms with E-state index in [1.807, 2.05) is 0 Å². The fraction of sp³-hybridized carbons (Fsp3) is 0.385. The first kappa shape index (κ1) is 15.8. The largest absolute Gasteiger partial charge is 0.493 e.